The number of amides is 1. The number of rotatable bonds is 5. The van der Waals surface area contributed by atoms with E-state index in [1.54, 1.807) is 12.1 Å². The molecule has 3 aliphatic rings. The van der Waals surface area contributed by atoms with Crippen molar-refractivity contribution in [3.8, 4) is 11.4 Å². The fourth-order valence-electron chi connectivity index (χ4n) is 4.24. The van der Waals surface area contributed by atoms with E-state index in [9.17, 15) is 26.4 Å². The third-order valence-electron chi connectivity index (χ3n) is 6.15. The molecule has 3 aliphatic carbocycles. The Labute approximate surface area is 183 Å². The van der Waals surface area contributed by atoms with Gasteiger partial charge in [-0.2, -0.15) is 13.2 Å². The van der Waals surface area contributed by atoms with Crippen molar-refractivity contribution < 1.29 is 26.4 Å². The average molecular weight is 469 g/mol. The minimum atomic E-state index is -4.29. The van der Waals surface area contributed by atoms with Gasteiger partial charge >= 0.3 is 6.18 Å². The molecule has 3 fully saturated rings. The second-order valence-corrected chi connectivity index (χ2v) is 12.0. The van der Waals surface area contributed by atoms with Crippen molar-refractivity contribution in [1.82, 2.24) is 15.3 Å². The summed E-state index contributed by atoms with van der Waals surface area (Å²) in [6.07, 6.45) is -1.75. The van der Waals surface area contributed by atoms with Gasteiger partial charge in [-0.25, -0.2) is 18.4 Å². The van der Waals surface area contributed by atoms with Crippen LogP contribution in [0.4, 0.5) is 18.9 Å². The number of aromatic nitrogens is 2. The number of anilines is 1. The van der Waals surface area contributed by atoms with E-state index in [-0.39, 0.29) is 30.5 Å². The monoisotopic (exact) mass is 468 g/mol. The molecule has 32 heavy (non-hydrogen) atoms. The largest absolute Gasteiger partial charge is 0.394 e. The Morgan fingerprint density at radius 1 is 1.06 bits per heavy atom. The van der Waals surface area contributed by atoms with E-state index in [2.05, 4.69) is 20.0 Å². The van der Waals surface area contributed by atoms with Crippen LogP contribution in [0.3, 0.4) is 0 Å². The summed E-state index contributed by atoms with van der Waals surface area (Å²) >= 11 is 0. The number of carbonyl (C=O) groups is 1. The molecule has 11 heteroatoms. The molecule has 7 nitrogen and oxygen atoms in total. The van der Waals surface area contributed by atoms with E-state index in [0.717, 1.165) is 0 Å². The molecule has 5 rings (SSSR count). The maximum atomic E-state index is 13.2. The molecule has 1 aromatic heterocycles. The van der Waals surface area contributed by atoms with Crippen molar-refractivity contribution in [3.05, 3.63) is 42.2 Å². The molecule has 0 aliphatic heterocycles. The first-order chi connectivity index (χ1) is 14.7. The van der Waals surface area contributed by atoms with Gasteiger partial charge < -0.3 is 5.32 Å². The lowest BCUT2D eigenvalue weighted by Crippen LogP contribution is -2.78. The topological polar surface area (TPSA) is 101 Å². The van der Waals surface area contributed by atoms with Crippen LogP contribution in [0.25, 0.3) is 11.4 Å². The highest BCUT2D eigenvalue weighted by molar-refractivity contribution is 7.94. The lowest BCUT2D eigenvalue weighted by molar-refractivity contribution is -0.336. The minimum absolute atomic E-state index is 0.00596. The van der Waals surface area contributed by atoms with Gasteiger partial charge in [0, 0.05) is 23.5 Å². The van der Waals surface area contributed by atoms with Crippen LogP contribution in [-0.4, -0.2) is 40.8 Å². The van der Waals surface area contributed by atoms with Gasteiger partial charge in [-0.05, 0) is 64.3 Å². The number of carbonyl (C=O) groups excluding carboxylic acids is 1. The molecule has 1 heterocycles. The molecular formula is C21H23F3N4O3S. The second-order valence-electron chi connectivity index (χ2n) is 9.59. The normalized spacial score (nSPS) is 24.8. The van der Waals surface area contributed by atoms with Gasteiger partial charge in [0.15, 0.2) is 5.82 Å². The molecule has 0 radical (unpaired) electrons. The van der Waals surface area contributed by atoms with E-state index in [1.165, 1.54) is 45.3 Å². The van der Waals surface area contributed by atoms with E-state index < -0.39 is 37.8 Å². The summed E-state index contributed by atoms with van der Waals surface area (Å²) in [5, 5.41) is 2.70. The number of halogens is 3. The van der Waals surface area contributed by atoms with Gasteiger partial charge in [-0.3, -0.25) is 9.52 Å². The maximum absolute atomic E-state index is 13.2. The van der Waals surface area contributed by atoms with E-state index in [4.69, 9.17) is 0 Å². The van der Waals surface area contributed by atoms with Crippen LogP contribution >= 0.6 is 0 Å². The minimum Gasteiger partial charge on any atom is -0.346 e. The Balaban J connectivity index is 1.65. The number of benzene rings is 1. The Bertz CT molecular complexity index is 1160. The number of hydrogen-bond donors (Lipinski definition) is 2. The zero-order valence-electron chi connectivity index (χ0n) is 17.7. The number of hydrogen-bond acceptors (Lipinski definition) is 5. The molecule has 1 amide bonds. The first-order valence-electron chi connectivity index (χ1n) is 10.0. The predicted molar refractivity (Wildman–Crippen MR) is 112 cm³/mol. The van der Waals surface area contributed by atoms with Crippen molar-refractivity contribution in [1.29, 1.82) is 0 Å². The Morgan fingerprint density at radius 3 is 2.19 bits per heavy atom. The van der Waals surface area contributed by atoms with Gasteiger partial charge in [-0.15, -0.1) is 0 Å². The zero-order valence-corrected chi connectivity index (χ0v) is 18.6. The van der Waals surface area contributed by atoms with Crippen molar-refractivity contribution in [2.24, 2.45) is 5.41 Å². The van der Waals surface area contributed by atoms with Crippen LogP contribution in [-0.2, 0) is 10.0 Å². The summed E-state index contributed by atoms with van der Waals surface area (Å²) < 4.78 is 66.1. The summed E-state index contributed by atoms with van der Waals surface area (Å²) in [5.74, 6) is -0.321. The first-order valence-corrected chi connectivity index (χ1v) is 11.5. The van der Waals surface area contributed by atoms with Crippen LogP contribution < -0.4 is 10.0 Å². The number of nitrogens with zero attached hydrogens (tertiary/aromatic N) is 2. The van der Waals surface area contributed by atoms with Gasteiger partial charge in [0.25, 0.3) is 5.91 Å². The second kappa shape index (κ2) is 6.90. The molecule has 1 aromatic carbocycles. The summed E-state index contributed by atoms with van der Waals surface area (Å²) in [5.41, 5.74) is -2.12. The van der Waals surface area contributed by atoms with Crippen LogP contribution in [0.2, 0.25) is 0 Å². The summed E-state index contributed by atoms with van der Waals surface area (Å²) in [4.78, 5) is 21.4. The molecule has 0 atom stereocenters. The summed E-state index contributed by atoms with van der Waals surface area (Å²) in [6, 6.07) is 6.08. The molecule has 2 bridgehead atoms. The maximum Gasteiger partial charge on any atom is 0.394 e. The summed E-state index contributed by atoms with van der Waals surface area (Å²) in [7, 11) is -3.85. The first kappa shape index (κ1) is 22.5. The van der Waals surface area contributed by atoms with Crippen LogP contribution in [0.15, 0.2) is 36.7 Å². The fourth-order valence-corrected chi connectivity index (χ4v) is 5.01. The lowest BCUT2D eigenvalue weighted by Gasteiger charge is -2.70. The average Bonchev–Trinajstić information content (AvgIpc) is 2.62. The Kier molecular flexibility index (Phi) is 4.85. The highest BCUT2D eigenvalue weighted by Crippen LogP contribution is 2.73. The van der Waals surface area contributed by atoms with E-state index in [1.807, 2.05) is 0 Å². The van der Waals surface area contributed by atoms with Crippen molar-refractivity contribution in [2.45, 2.75) is 56.5 Å². The smallest absolute Gasteiger partial charge is 0.346 e. The van der Waals surface area contributed by atoms with Gasteiger partial charge in [0.05, 0.1) is 21.4 Å². The summed E-state index contributed by atoms with van der Waals surface area (Å²) in [6.45, 7) is 4.54. The van der Waals surface area contributed by atoms with Crippen molar-refractivity contribution >= 4 is 21.6 Å². The van der Waals surface area contributed by atoms with E-state index >= 15 is 0 Å². The van der Waals surface area contributed by atoms with Gasteiger partial charge in [-0.1, -0.05) is 0 Å². The van der Waals surface area contributed by atoms with Gasteiger partial charge in [0.1, 0.15) is 0 Å². The molecule has 0 spiro atoms. The molecule has 3 saturated carbocycles. The fraction of sp³-hybridized carbons (Fsp3) is 0.476. The number of sulfonamides is 1. The number of nitrogens with one attached hydrogen (secondary N) is 2. The zero-order chi connectivity index (χ0) is 23.6. The quantitative estimate of drug-likeness (QED) is 0.693. The van der Waals surface area contributed by atoms with Gasteiger partial charge in [0.2, 0.25) is 10.0 Å². The Morgan fingerprint density at radius 2 is 1.66 bits per heavy atom. The SMILES string of the molecule is CC(C)(C)S(=O)(=O)Nc1ccc(-c2ncccn2)cc1C(=O)NC12CC(C(F)(F)F)(C1)C2. The standard InChI is InChI=1S/C21H23F3N4O3S/c1-18(2,3)32(30,31)28-15-6-5-13(16-25-7-4-8-26-16)9-14(15)17(29)27-20-10-19(11-20,12-20)21(22,23)24/h4-9,28H,10-12H2,1-3H3,(H,27,29). The lowest BCUT2D eigenvalue weighted by atomic mass is 9.39. The van der Waals surface area contributed by atoms with Crippen molar-refractivity contribution in [2.75, 3.05) is 4.72 Å². The highest BCUT2D eigenvalue weighted by Gasteiger charge is 2.79. The molecule has 0 unspecified atom stereocenters. The third kappa shape index (κ3) is 3.62. The molecule has 0 saturated heterocycles. The Hall–Kier alpha value is -2.69. The predicted octanol–water partition coefficient (Wildman–Crippen LogP) is 3.90. The molecular weight excluding hydrogens is 445 g/mol. The number of alkyl halides is 3. The van der Waals surface area contributed by atoms with Crippen LogP contribution in [0, 0.1) is 5.41 Å². The molecule has 2 aromatic rings. The third-order valence-corrected chi connectivity index (χ3v) is 8.25. The van der Waals surface area contributed by atoms with Crippen LogP contribution in [0.5, 0.6) is 0 Å². The van der Waals surface area contributed by atoms with Crippen molar-refractivity contribution in [3.63, 3.8) is 0 Å². The van der Waals surface area contributed by atoms with E-state index in [0.29, 0.717) is 11.4 Å². The molecule has 2 N–H and O–H groups in total. The van der Waals surface area contributed by atoms with Crippen LogP contribution in [0.1, 0.15) is 50.4 Å². The highest BCUT2D eigenvalue weighted by atomic mass is 32.2. The molecule has 172 valence electrons.